The van der Waals surface area contributed by atoms with E-state index in [4.69, 9.17) is 19.4 Å². The van der Waals surface area contributed by atoms with Gasteiger partial charge >= 0.3 is 0 Å². The van der Waals surface area contributed by atoms with E-state index in [0.717, 1.165) is 87.8 Å². The molecule has 284 valence electrons. The van der Waals surface area contributed by atoms with Crippen LogP contribution in [0.3, 0.4) is 0 Å². The lowest BCUT2D eigenvalue weighted by atomic mass is 9.86. The van der Waals surface area contributed by atoms with Gasteiger partial charge in [0.1, 0.15) is 11.2 Å². The number of fused-ring (bicyclic) bond motifs is 7. The van der Waals surface area contributed by atoms with Gasteiger partial charge in [-0.05, 0) is 78.5 Å². The molecule has 0 fully saturated rings. The van der Waals surface area contributed by atoms with Gasteiger partial charge in [0.05, 0.1) is 0 Å². The summed E-state index contributed by atoms with van der Waals surface area (Å²) < 4.78 is 6.86. The van der Waals surface area contributed by atoms with E-state index in [0.29, 0.717) is 17.5 Å². The number of hydrogen-bond donors (Lipinski definition) is 0. The van der Waals surface area contributed by atoms with Crippen LogP contribution in [-0.2, 0) is 0 Å². The average Bonchev–Trinajstić information content (AvgIpc) is 3.73. The minimum absolute atomic E-state index is 0.620. The second kappa shape index (κ2) is 14.3. The van der Waals surface area contributed by atoms with Crippen molar-refractivity contribution in [1.29, 1.82) is 0 Å². The molecule has 0 bridgehead atoms. The second-order valence-electron chi connectivity index (χ2n) is 15.5. The monoisotopic (exact) mass is 777 g/mol. The third-order valence-corrected chi connectivity index (χ3v) is 11.9. The Hall–Kier alpha value is -8.21. The van der Waals surface area contributed by atoms with Crippen LogP contribution in [0.1, 0.15) is 0 Å². The Kier molecular flexibility index (Phi) is 8.13. The van der Waals surface area contributed by atoms with Crippen molar-refractivity contribution in [3.8, 4) is 67.5 Å². The standard InChI is InChI=1S/C57H35N3O/c1-4-18-36(19-5-1)39-24-16-25-40(34-39)56-58-55(38-22-8-3-9-23-38)59-57(60-56)53-44-29-13-11-27-42(44)51(43-28-12-14-30-45(43)53)47-32-17-33-50-52(47)49-35-48(37-20-6-2-7-21-37)41-26-10-15-31-46(41)54(49)61-50/h1-35H. The van der Waals surface area contributed by atoms with Gasteiger partial charge in [0.25, 0.3) is 0 Å². The lowest BCUT2D eigenvalue weighted by molar-refractivity contribution is 0.673. The van der Waals surface area contributed by atoms with E-state index in [2.05, 4.69) is 188 Å². The van der Waals surface area contributed by atoms with E-state index in [9.17, 15) is 0 Å². The van der Waals surface area contributed by atoms with Crippen LogP contribution in [0.15, 0.2) is 217 Å². The molecule has 0 atom stereocenters. The van der Waals surface area contributed by atoms with Gasteiger partial charge < -0.3 is 4.42 Å². The first-order valence-corrected chi connectivity index (χ1v) is 20.6. The molecule has 0 N–H and O–H groups in total. The molecule has 0 saturated heterocycles. The number of benzene rings is 10. The molecule has 12 aromatic rings. The van der Waals surface area contributed by atoms with Crippen LogP contribution in [0.4, 0.5) is 0 Å². The van der Waals surface area contributed by atoms with E-state index >= 15 is 0 Å². The first kappa shape index (κ1) is 34.8. The molecule has 12 rings (SSSR count). The topological polar surface area (TPSA) is 51.8 Å². The zero-order valence-corrected chi connectivity index (χ0v) is 33.0. The van der Waals surface area contributed by atoms with Gasteiger partial charge in [-0.2, -0.15) is 0 Å². The van der Waals surface area contributed by atoms with Crippen molar-refractivity contribution in [2.24, 2.45) is 0 Å². The van der Waals surface area contributed by atoms with Gasteiger partial charge in [-0.3, -0.25) is 0 Å². The van der Waals surface area contributed by atoms with Gasteiger partial charge in [-0.25, -0.2) is 15.0 Å². The maximum Gasteiger partial charge on any atom is 0.165 e. The van der Waals surface area contributed by atoms with Crippen molar-refractivity contribution in [3.05, 3.63) is 212 Å². The van der Waals surface area contributed by atoms with Crippen LogP contribution in [0.5, 0.6) is 0 Å². The van der Waals surface area contributed by atoms with E-state index in [1.54, 1.807) is 0 Å². The van der Waals surface area contributed by atoms with Crippen molar-refractivity contribution in [3.63, 3.8) is 0 Å². The van der Waals surface area contributed by atoms with Crippen molar-refractivity contribution < 1.29 is 4.42 Å². The predicted molar refractivity (Wildman–Crippen MR) is 252 cm³/mol. The smallest absolute Gasteiger partial charge is 0.165 e. The lowest BCUT2D eigenvalue weighted by Gasteiger charge is -2.18. The molecule has 0 spiro atoms. The van der Waals surface area contributed by atoms with Crippen LogP contribution in [0.25, 0.3) is 122 Å². The zero-order chi connectivity index (χ0) is 40.3. The van der Waals surface area contributed by atoms with Crippen molar-refractivity contribution in [1.82, 2.24) is 15.0 Å². The number of aromatic nitrogens is 3. The Morgan fingerprint density at radius 1 is 0.279 bits per heavy atom. The molecular formula is C57H35N3O. The highest BCUT2D eigenvalue weighted by molar-refractivity contribution is 6.27. The SMILES string of the molecule is c1ccc(-c2cccc(-c3nc(-c4ccccc4)nc(-c4c5ccccc5c(-c5cccc6oc7c8ccccc8c(-c8ccccc8)cc7c56)c5ccccc45)n3)c2)cc1. The van der Waals surface area contributed by atoms with Crippen molar-refractivity contribution in [2.45, 2.75) is 0 Å². The number of hydrogen-bond acceptors (Lipinski definition) is 4. The summed E-state index contributed by atoms with van der Waals surface area (Å²) in [5.74, 6) is 1.87. The molecule has 10 aromatic carbocycles. The maximum atomic E-state index is 6.86. The summed E-state index contributed by atoms with van der Waals surface area (Å²) in [6.45, 7) is 0. The molecule has 2 heterocycles. The van der Waals surface area contributed by atoms with Crippen LogP contribution >= 0.6 is 0 Å². The van der Waals surface area contributed by atoms with Gasteiger partial charge in [0, 0.05) is 32.8 Å². The molecule has 0 amide bonds. The van der Waals surface area contributed by atoms with E-state index in [1.165, 1.54) is 16.5 Å². The highest BCUT2D eigenvalue weighted by Crippen LogP contribution is 2.48. The Morgan fingerprint density at radius 3 is 1.41 bits per heavy atom. The number of nitrogens with zero attached hydrogens (tertiary/aromatic N) is 3. The molecule has 0 saturated carbocycles. The molecule has 0 unspecified atom stereocenters. The highest BCUT2D eigenvalue weighted by Gasteiger charge is 2.24. The summed E-state index contributed by atoms with van der Waals surface area (Å²) in [7, 11) is 0. The normalized spacial score (nSPS) is 11.6. The summed E-state index contributed by atoms with van der Waals surface area (Å²) in [5, 5.41) is 8.79. The number of rotatable bonds is 6. The lowest BCUT2D eigenvalue weighted by Crippen LogP contribution is -2.01. The first-order chi connectivity index (χ1) is 30.3. The van der Waals surface area contributed by atoms with Crippen LogP contribution < -0.4 is 0 Å². The molecule has 2 aromatic heterocycles. The molecular weight excluding hydrogens is 743 g/mol. The number of furan rings is 1. The van der Waals surface area contributed by atoms with Gasteiger partial charge in [0.2, 0.25) is 0 Å². The second-order valence-corrected chi connectivity index (χ2v) is 15.5. The summed E-state index contributed by atoms with van der Waals surface area (Å²) in [6.07, 6.45) is 0. The molecule has 4 heteroatoms. The molecule has 4 nitrogen and oxygen atoms in total. The zero-order valence-electron chi connectivity index (χ0n) is 33.0. The highest BCUT2D eigenvalue weighted by atomic mass is 16.3. The van der Waals surface area contributed by atoms with Gasteiger partial charge in [-0.1, -0.05) is 194 Å². The third kappa shape index (κ3) is 5.80. The molecule has 0 aliphatic carbocycles. The van der Waals surface area contributed by atoms with Crippen molar-refractivity contribution in [2.75, 3.05) is 0 Å². The third-order valence-electron chi connectivity index (χ3n) is 11.9. The Bertz CT molecular complexity index is 3580. The Morgan fingerprint density at radius 2 is 0.754 bits per heavy atom. The average molecular weight is 778 g/mol. The fraction of sp³-hybridized carbons (Fsp3) is 0. The summed E-state index contributed by atoms with van der Waals surface area (Å²) in [6, 6.07) is 74.5. The predicted octanol–water partition coefficient (Wildman–Crippen LogP) is 15.2. The minimum atomic E-state index is 0.620. The van der Waals surface area contributed by atoms with Crippen LogP contribution in [0, 0.1) is 0 Å². The Balaban J connectivity index is 1.14. The van der Waals surface area contributed by atoms with Gasteiger partial charge in [0.15, 0.2) is 17.5 Å². The largest absolute Gasteiger partial charge is 0.455 e. The molecule has 61 heavy (non-hydrogen) atoms. The van der Waals surface area contributed by atoms with Crippen LogP contribution in [-0.4, -0.2) is 15.0 Å². The summed E-state index contributed by atoms with van der Waals surface area (Å²) >= 11 is 0. The van der Waals surface area contributed by atoms with E-state index < -0.39 is 0 Å². The van der Waals surface area contributed by atoms with E-state index in [1.807, 2.05) is 24.3 Å². The maximum absolute atomic E-state index is 6.86. The van der Waals surface area contributed by atoms with Crippen molar-refractivity contribution >= 4 is 54.3 Å². The Labute approximate surface area is 352 Å². The quantitative estimate of drug-likeness (QED) is 0.158. The fourth-order valence-corrected chi connectivity index (χ4v) is 9.17. The fourth-order valence-electron chi connectivity index (χ4n) is 9.17. The van der Waals surface area contributed by atoms with Crippen LogP contribution in [0.2, 0.25) is 0 Å². The minimum Gasteiger partial charge on any atom is -0.455 e. The molecule has 0 aliphatic rings. The first-order valence-electron chi connectivity index (χ1n) is 20.6. The molecule has 0 aliphatic heterocycles. The summed E-state index contributed by atoms with van der Waals surface area (Å²) in [5.41, 5.74) is 11.4. The van der Waals surface area contributed by atoms with E-state index in [-0.39, 0.29) is 0 Å². The molecule has 0 radical (unpaired) electrons. The van der Waals surface area contributed by atoms with Gasteiger partial charge in [-0.15, -0.1) is 0 Å². The summed E-state index contributed by atoms with van der Waals surface area (Å²) in [4.78, 5) is 15.8.